The molecule has 43 heavy (non-hydrogen) atoms. The zero-order valence-electron chi connectivity index (χ0n) is 22.3. The van der Waals surface area contributed by atoms with Crippen molar-refractivity contribution in [3.8, 4) is 6.07 Å². The number of hydrogen-bond acceptors (Lipinski definition) is 5. The Balaban J connectivity index is 1.28. The summed E-state index contributed by atoms with van der Waals surface area (Å²) in [5.41, 5.74) is -1.44. The van der Waals surface area contributed by atoms with Crippen LogP contribution in [0.5, 0.6) is 0 Å². The molecule has 1 aliphatic heterocycles. The molecule has 1 aliphatic carbocycles. The number of amides is 2. The topological polar surface area (TPSA) is 105 Å². The Morgan fingerprint density at radius 3 is 2.53 bits per heavy atom. The molecule has 1 saturated heterocycles. The first-order valence-electron chi connectivity index (χ1n) is 13.3. The summed E-state index contributed by atoms with van der Waals surface area (Å²) in [5.74, 6) is -1.55. The van der Waals surface area contributed by atoms with Gasteiger partial charge in [-0.2, -0.15) is 23.5 Å². The number of rotatable bonds is 5. The Hall–Kier alpha value is -4.83. The molecular weight excluding hydrogens is 584 g/mol. The van der Waals surface area contributed by atoms with Crippen LogP contribution in [0.1, 0.15) is 52.7 Å². The number of hydrogen-bond donors (Lipinski definition) is 2. The number of thiocarbonyl (C=S) groups is 1. The van der Waals surface area contributed by atoms with E-state index in [1.165, 1.54) is 29.2 Å². The summed E-state index contributed by atoms with van der Waals surface area (Å²) >= 11 is 5.65. The fourth-order valence-corrected chi connectivity index (χ4v) is 6.31. The lowest BCUT2D eigenvalue weighted by atomic mass is 9.94. The standard InChI is InChI=1S/C30H22F4N6O2S/c31-24-13-22(7-4-19(24)15-36-26(41)17-5-8-25-20(11-17)16-37-38-25)40-28(43)39(27(42)29(40)9-1-2-10-29)21-6-3-18(14-35)23(12-21)30(32,33)34/h3-8,11-13,16H,1-2,9-10,15H2,(H,36,41)(H,37,38). The third kappa shape index (κ3) is 4.77. The highest BCUT2D eigenvalue weighted by molar-refractivity contribution is 7.81. The molecule has 0 bridgehead atoms. The van der Waals surface area contributed by atoms with Crippen LogP contribution in [0.15, 0.2) is 60.8 Å². The van der Waals surface area contributed by atoms with Crippen LogP contribution in [0.3, 0.4) is 0 Å². The van der Waals surface area contributed by atoms with Crippen molar-refractivity contribution >= 4 is 51.4 Å². The van der Waals surface area contributed by atoms with E-state index in [0.717, 1.165) is 27.9 Å². The maximum atomic E-state index is 15.4. The van der Waals surface area contributed by atoms with Gasteiger partial charge in [0.15, 0.2) is 5.11 Å². The quantitative estimate of drug-likeness (QED) is 0.214. The summed E-state index contributed by atoms with van der Waals surface area (Å²) in [4.78, 5) is 29.1. The molecule has 2 aliphatic rings. The van der Waals surface area contributed by atoms with Crippen molar-refractivity contribution in [2.45, 2.75) is 43.9 Å². The number of carbonyl (C=O) groups excluding carboxylic acids is 2. The lowest BCUT2D eigenvalue weighted by Gasteiger charge is -2.32. The molecule has 1 aromatic heterocycles. The van der Waals surface area contributed by atoms with E-state index in [-0.39, 0.29) is 28.6 Å². The molecule has 8 nitrogen and oxygen atoms in total. The van der Waals surface area contributed by atoms with Crippen LogP contribution in [-0.4, -0.2) is 32.7 Å². The first kappa shape index (κ1) is 28.3. The third-order valence-electron chi connectivity index (χ3n) is 7.97. The number of carbonyl (C=O) groups is 2. The molecule has 0 atom stereocenters. The molecule has 3 aromatic carbocycles. The Morgan fingerprint density at radius 2 is 1.84 bits per heavy atom. The second kappa shape index (κ2) is 10.5. The van der Waals surface area contributed by atoms with Gasteiger partial charge in [0, 0.05) is 28.7 Å². The fourth-order valence-electron chi connectivity index (χ4n) is 5.84. The number of benzene rings is 3. The number of fused-ring (bicyclic) bond motifs is 1. The number of aromatic nitrogens is 2. The summed E-state index contributed by atoms with van der Waals surface area (Å²) in [7, 11) is 0. The second-order valence-electron chi connectivity index (χ2n) is 10.5. The predicted molar refractivity (Wildman–Crippen MR) is 154 cm³/mol. The van der Waals surface area contributed by atoms with Gasteiger partial charge in [-0.3, -0.25) is 19.6 Å². The van der Waals surface area contributed by atoms with E-state index in [0.29, 0.717) is 31.2 Å². The Morgan fingerprint density at radius 1 is 1.09 bits per heavy atom. The molecule has 0 unspecified atom stereocenters. The van der Waals surface area contributed by atoms with Gasteiger partial charge < -0.3 is 10.2 Å². The minimum absolute atomic E-state index is 0.0835. The summed E-state index contributed by atoms with van der Waals surface area (Å²) in [6.45, 7) is -0.111. The smallest absolute Gasteiger partial charge is 0.348 e. The molecule has 2 fully saturated rings. The van der Waals surface area contributed by atoms with Gasteiger partial charge >= 0.3 is 6.18 Å². The molecular formula is C30H22F4N6O2S. The summed E-state index contributed by atoms with van der Waals surface area (Å²) in [6.07, 6.45) is -1.12. The number of halogens is 4. The molecule has 13 heteroatoms. The van der Waals surface area contributed by atoms with E-state index in [2.05, 4.69) is 15.5 Å². The first-order chi connectivity index (χ1) is 20.5. The van der Waals surface area contributed by atoms with E-state index in [9.17, 15) is 28.0 Å². The zero-order valence-corrected chi connectivity index (χ0v) is 23.2. The highest BCUT2D eigenvalue weighted by Gasteiger charge is 2.57. The van der Waals surface area contributed by atoms with Gasteiger partial charge in [-0.25, -0.2) is 4.39 Å². The van der Waals surface area contributed by atoms with E-state index >= 15 is 4.39 Å². The van der Waals surface area contributed by atoms with Gasteiger partial charge in [-0.1, -0.05) is 18.9 Å². The van der Waals surface area contributed by atoms with Crippen molar-refractivity contribution < 1.29 is 27.2 Å². The van der Waals surface area contributed by atoms with Crippen LogP contribution in [0.2, 0.25) is 0 Å². The summed E-state index contributed by atoms with van der Waals surface area (Å²) in [6, 6.07) is 13.8. The highest BCUT2D eigenvalue weighted by atomic mass is 32.1. The van der Waals surface area contributed by atoms with Gasteiger partial charge in [0.1, 0.15) is 11.4 Å². The van der Waals surface area contributed by atoms with Crippen LogP contribution in [-0.2, 0) is 17.5 Å². The Kier molecular flexibility index (Phi) is 6.89. The highest BCUT2D eigenvalue weighted by Crippen LogP contribution is 2.47. The van der Waals surface area contributed by atoms with Crippen molar-refractivity contribution in [1.29, 1.82) is 5.26 Å². The van der Waals surface area contributed by atoms with Crippen LogP contribution in [0, 0.1) is 17.1 Å². The van der Waals surface area contributed by atoms with Crippen molar-refractivity contribution in [1.82, 2.24) is 15.5 Å². The van der Waals surface area contributed by atoms with Crippen LogP contribution in [0.4, 0.5) is 28.9 Å². The summed E-state index contributed by atoms with van der Waals surface area (Å²) < 4.78 is 56.5. The molecule has 0 radical (unpaired) electrons. The fraction of sp³-hybridized carbons (Fsp3) is 0.233. The monoisotopic (exact) mass is 606 g/mol. The van der Waals surface area contributed by atoms with Gasteiger partial charge in [0.05, 0.1) is 34.6 Å². The maximum Gasteiger partial charge on any atom is 0.417 e. The number of nitrogens with one attached hydrogen (secondary N) is 2. The van der Waals surface area contributed by atoms with Crippen molar-refractivity contribution in [3.63, 3.8) is 0 Å². The number of H-pyrrole nitrogens is 1. The minimum atomic E-state index is -4.82. The van der Waals surface area contributed by atoms with Crippen LogP contribution >= 0.6 is 12.2 Å². The SMILES string of the molecule is N#Cc1ccc(N2C(=O)C3(CCCC3)N(c3ccc(CNC(=O)c4ccc5[nH]ncc5c4)c(F)c3)C2=S)cc1C(F)(F)F. The number of nitrogens with zero attached hydrogens (tertiary/aromatic N) is 4. The average molecular weight is 607 g/mol. The molecule has 4 aromatic rings. The molecule has 2 heterocycles. The molecule has 218 valence electrons. The van der Waals surface area contributed by atoms with E-state index in [1.807, 2.05) is 0 Å². The van der Waals surface area contributed by atoms with E-state index in [4.69, 9.17) is 12.2 Å². The number of anilines is 2. The Bertz CT molecular complexity index is 1840. The second-order valence-corrected chi connectivity index (χ2v) is 10.8. The van der Waals surface area contributed by atoms with Gasteiger partial charge in [0.25, 0.3) is 11.8 Å². The maximum absolute atomic E-state index is 15.4. The van der Waals surface area contributed by atoms with Crippen molar-refractivity contribution in [2.24, 2.45) is 0 Å². The van der Waals surface area contributed by atoms with E-state index in [1.54, 1.807) is 30.5 Å². The molecule has 2 amide bonds. The van der Waals surface area contributed by atoms with Crippen LogP contribution in [0.25, 0.3) is 10.9 Å². The first-order valence-corrected chi connectivity index (χ1v) is 13.7. The number of nitriles is 1. The summed E-state index contributed by atoms with van der Waals surface area (Å²) in [5, 5.41) is 19.3. The number of alkyl halides is 3. The number of aromatic amines is 1. The average Bonchev–Trinajstić information content (AvgIpc) is 3.70. The van der Waals surface area contributed by atoms with E-state index < -0.39 is 40.5 Å². The van der Waals surface area contributed by atoms with Crippen LogP contribution < -0.4 is 15.1 Å². The molecule has 6 rings (SSSR count). The molecule has 1 spiro atoms. The van der Waals surface area contributed by atoms with Gasteiger partial charge in [-0.15, -0.1) is 0 Å². The van der Waals surface area contributed by atoms with Gasteiger partial charge in [0.2, 0.25) is 0 Å². The lowest BCUT2D eigenvalue weighted by molar-refractivity contribution is -0.137. The zero-order chi connectivity index (χ0) is 30.5. The largest absolute Gasteiger partial charge is 0.417 e. The van der Waals surface area contributed by atoms with Gasteiger partial charge in [-0.05, 0) is 73.6 Å². The Labute approximate surface area is 247 Å². The molecule has 2 N–H and O–H groups in total. The van der Waals surface area contributed by atoms with Crippen molar-refractivity contribution in [2.75, 3.05) is 9.80 Å². The normalized spacial score (nSPS) is 16.3. The lowest BCUT2D eigenvalue weighted by Crippen LogP contribution is -2.47. The predicted octanol–water partition coefficient (Wildman–Crippen LogP) is 5.97. The third-order valence-corrected chi connectivity index (χ3v) is 8.33. The van der Waals surface area contributed by atoms with Crippen molar-refractivity contribution in [3.05, 3.63) is 88.9 Å². The molecule has 1 saturated carbocycles. The minimum Gasteiger partial charge on any atom is -0.348 e.